The van der Waals surface area contributed by atoms with Gasteiger partial charge in [0.05, 0.1) is 38.1 Å². The van der Waals surface area contributed by atoms with E-state index in [1.165, 1.54) is 6.92 Å². The van der Waals surface area contributed by atoms with Crippen LogP contribution >= 0.6 is 0 Å². The predicted octanol–water partition coefficient (Wildman–Crippen LogP) is -9.23. The fraction of sp³-hybridized carbons (Fsp3) is 0.903. The Morgan fingerprint density at radius 1 is 0.750 bits per heavy atom. The van der Waals surface area contributed by atoms with E-state index in [4.69, 9.17) is 33.2 Å². The van der Waals surface area contributed by atoms with Crippen molar-refractivity contribution in [3.8, 4) is 0 Å². The molecule has 0 aromatic rings. The summed E-state index contributed by atoms with van der Waals surface area (Å²) < 4.78 is 39.3. The van der Waals surface area contributed by atoms with Gasteiger partial charge in [0.1, 0.15) is 85.4 Å². The summed E-state index contributed by atoms with van der Waals surface area (Å²) in [6.45, 7) is 0.372. The number of carbonyl (C=O) groups is 3. The molecule has 0 saturated carbocycles. The molecule has 324 valence electrons. The molecule has 25 nitrogen and oxygen atoms in total. The number of aliphatic carboxylic acids is 1. The lowest BCUT2D eigenvalue weighted by Crippen LogP contribution is -2.69. The minimum Gasteiger partial charge on any atom is -0.477 e. The SMILES string of the molecule is CC(=O)N[C@H]1[C@H]([C@H](O)[C@H](O)CO)O[C@@](OC[C@H]2O[C@@H](O[C@H]3[C@H](O)[C@@H](CO)OC(O)[C@@H]3NC(C)=O)[C@H](O[C@@H]3O[C@@H](C)[C@@H](O)[C@@H](O)[C@@H]3O)[C@@H](O)[C@H]2O)(C(=O)O)C[C@@H]1O. The van der Waals surface area contributed by atoms with Crippen molar-refractivity contribution in [1.82, 2.24) is 10.6 Å². The summed E-state index contributed by atoms with van der Waals surface area (Å²) in [6.07, 6.45) is -34.6. The maximum atomic E-state index is 12.7. The normalized spacial score (nSPS) is 45.7. The standard InChI is InChI=1S/C31H52N2O23/c1-8-17(40)21(44)23(46)28(51-8)55-26-22(45)19(42)14(53-29(26)54-24-16(33-10(3)37)27(47)52-13(6-35)20(24)43)7-50-31(30(48)49)4-11(38)15(32-9(2)36)25(56-31)18(41)12(39)5-34/h8,11-29,34-35,38-47H,4-7H2,1-3H3,(H,32,36)(H,33,37)(H,48,49)/t8-,11-,12+,13+,14+,15+,16+,17+,18+,19-,20+,21+,22-,23-,24+,25+,26+,27?,28-,29-,31+/m0/s1. The van der Waals surface area contributed by atoms with E-state index in [0.29, 0.717) is 0 Å². The molecular formula is C31H52N2O23. The number of hydrogen-bond acceptors (Lipinski definition) is 22. The van der Waals surface area contributed by atoms with Crippen LogP contribution in [0, 0.1) is 0 Å². The zero-order valence-corrected chi connectivity index (χ0v) is 30.3. The molecule has 1 unspecified atom stereocenters. The summed E-state index contributed by atoms with van der Waals surface area (Å²) in [5.74, 6) is -6.39. The maximum Gasteiger partial charge on any atom is 0.364 e. The molecule has 4 rings (SSSR count). The number of hydrogen-bond donors (Lipinski definition) is 15. The fourth-order valence-corrected chi connectivity index (χ4v) is 6.86. The van der Waals surface area contributed by atoms with Crippen LogP contribution in [0.25, 0.3) is 0 Å². The third kappa shape index (κ3) is 9.91. The molecule has 0 aromatic carbocycles. The minimum absolute atomic E-state index is 0.757. The van der Waals surface area contributed by atoms with Crippen LogP contribution in [0.4, 0.5) is 0 Å². The lowest BCUT2D eigenvalue weighted by Gasteiger charge is -2.49. The Morgan fingerprint density at radius 3 is 1.93 bits per heavy atom. The van der Waals surface area contributed by atoms with Gasteiger partial charge in [-0.3, -0.25) is 9.59 Å². The highest BCUT2D eigenvalue weighted by atomic mass is 16.8. The lowest BCUT2D eigenvalue weighted by atomic mass is 9.88. The predicted molar refractivity (Wildman–Crippen MR) is 173 cm³/mol. The molecule has 0 spiro atoms. The molecule has 4 aliphatic heterocycles. The topological polar surface area (TPSA) is 403 Å². The second-order valence-corrected chi connectivity index (χ2v) is 14.1. The zero-order valence-electron chi connectivity index (χ0n) is 30.3. The number of carbonyl (C=O) groups excluding carboxylic acids is 2. The van der Waals surface area contributed by atoms with Gasteiger partial charge in [-0.05, 0) is 6.92 Å². The van der Waals surface area contributed by atoms with Crippen LogP contribution in [0.2, 0.25) is 0 Å². The quantitative estimate of drug-likeness (QED) is 0.0773. The molecule has 0 bridgehead atoms. The Balaban J connectivity index is 1.67. The molecule has 2 amide bonds. The molecular weight excluding hydrogens is 768 g/mol. The second kappa shape index (κ2) is 19.1. The van der Waals surface area contributed by atoms with Crippen LogP contribution in [0.5, 0.6) is 0 Å². The van der Waals surface area contributed by atoms with Crippen molar-refractivity contribution in [3.63, 3.8) is 0 Å². The zero-order chi connectivity index (χ0) is 42.0. The van der Waals surface area contributed by atoms with Gasteiger partial charge in [0.15, 0.2) is 18.9 Å². The van der Waals surface area contributed by atoms with Crippen LogP contribution < -0.4 is 10.6 Å². The van der Waals surface area contributed by atoms with Crippen LogP contribution in [0.1, 0.15) is 27.2 Å². The average Bonchev–Trinajstić information content (AvgIpc) is 3.14. The second-order valence-electron chi connectivity index (χ2n) is 14.1. The van der Waals surface area contributed by atoms with Gasteiger partial charge < -0.3 is 110 Å². The van der Waals surface area contributed by atoms with Gasteiger partial charge in [0.25, 0.3) is 5.79 Å². The number of rotatable bonds is 14. The largest absolute Gasteiger partial charge is 0.477 e. The van der Waals surface area contributed by atoms with Gasteiger partial charge >= 0.3 is 5.97 Å². The number of nitrogens with one attached hydrogen (secondary N) is 2. The van der Waals surface area contributed by atoms with E-state index in [2.05, 4.69) is 10.6 Å². The molecule has 0 radical (unpaired) electrons. The number of carboxylic acid groups (broad SMARTS) is 1. The first-order valence-corrected chi connectivity index (χ1v) is 17.6. The monoisotopic (exact) mass is 820 g/mol. The highest BCUT2D eigenvalue weighted by molar-refractivity contribution is 5.76. The summed E-state index contributed by atoms with van der Waals surface area (Å²) in [5.41, 5.74) is 0. The van der Waals surface area contributed by atoms with E-state index in [1.807, 2.05) is 0 Å². The smallest absolute Gasteiger partial charge is 0.364 e. The number of ether oxygens (including phenoxy) is 7. The minimum atomic E-state index is -2.94. The van der Waals surface area contributed by atoms with Crippen molar-refractivity contribution < 1.29 is 114 Å². The highest BCUT2D eigenvalue weighted by Crippen LogP contribution is 2.37. The lowest BCUT2D eigenvalue weighted by molar-refractivity contribution is -0.385. The summed E-state index contributed by atoms with van der Waals surface area (Å²) in [5, 5.41) is 141. The molecule has 4 saturated heterocycles. The Kier molecular flexibility index (Phi) is 15.8. The van der Waals surface area contributed by atoms with Crippen LogP contribution in [0.3, 0.4) is 0 Å². The highest BCUT2D eigenvalue weighted by Gasteiger charge is 2.58. The summed E-state index contributed by atoms with van der Waals surface area (Å²) in [6, 6.07) is -3.16. The van der Waals surface area contributed by atoms with Gasteiger partial charge in [-0.15, -0.1) is 0 Å². The van der Waals surface area contributed by atoms with E-state index >= 15 is 0 Å². The number of carboxylic acids is 1. The number of aliphatic hydroxyl groups excluding tert-OH is 12. The molecule has 0 aromatic heterocycles. The number of aliphatic hydroxyl groups is 12. The van der Waals surface area contributed by atoms with Gasteiger partial charge in [0, 0.05) is 20.3 Å². The molecule has 4 fully saturated rings. The molecule has 25 heteroatoms. The Bertz CT molecular complexity index is 1330. The van der Waals surface area contributed by atoms with E-state index in [-0.39, 0.29) is 0 Å². The van der Waals surface area contributed by atoms with E-state index in [9.17, 15) is 80.8 Å². The third-order valence-electron chi connectivity index (χ3n) is 9.95. The molecule has 4 aliphatic rings. The van der Waals surface area contributed by atoms with Crippen molar-refractivity contribution in [1.29, 1.82) is 0 Å². The molecule has 15 N–H and O–H groups in total. The van der Waals surface area contributed by atoms with Crippen LogP contribution in [0.15, 0.2) is 0 Å². The fourth-order valence-electron chi connectivity index (χ4n) is 6.86. The van der Waals surface area contributed by atoms with Crippen LogP contribution in [-0.4, -0.2) is 232 Å². The molecule has 0 aliphatic carbocycles. The Labute approximate surface area is 317 Å². The van der Waals surface area contributed by atoms with Crippen LogP contribution in [-0.2, 0) is 47.5 Å². The van der Waals surface area contributed by atoms with Crippen molar-refractivity contribution in [2.75, 3.05) is 19.8 Å². The van der Waals surface area contributed by atoms with Crippen molar-refractivity contribution >= 4 is 17.8 Å². The average molecular weight is 821 g/mol. The number of amides is 2. The van der Waals surface area contributed by atoms with E-state index < -0.39 is 172 Å². The van der Waals surface area contributed by atoms with Crippen molar-refractivity contribution in [3.05, 3.63) is 0 Å². The van der Waals surface area contributed by atoms with Crippen molar-refractivity contribution in [2.45, 2.75) is 155 Å². The first-order valence-electron chi connectivity index (χ1n) is 17.6. The molecule has 56 heavy (non-hydrogen) atoms. The van der Waals surface area contributed by atoms with Crippen molar-refractivity contribution in [2.24, 2.45) is 0 Å². The van der Waals surface area contributed by atoms with Gasteiger partial charge in [-0.1, -0.05) is 0 Å². The van der Waals surface area contributed by atoms with E-state index in [1.54, 1.807) is 0 Å². The maximum absolute atomic E-state index is 12.7. The molecule has 4 heterocycles. The van der Waals surface area contributed by atoms with Gasteiger partial charge in [-0.25, -0.2) is 4.79 Å². The Hall–Kier alpha value is -2.35. The van der Waals surface area contributed by atoms with Gasteiger partial charge in [0.2, 0.25) is 11.8 Å². The Morgan fingerprint density at radius 2 is 1.36 bits per heavy atom. The third-order valence-corrected chi connectivity index (χ3v) is 9.95. The van der Waals surface area contributed by atoms with E-state index in [0.717, 1.165) is 13.8 Å². The summed E-state index contributed by atoms with van der Waals surface area (Å²) >= 11 is 0. The van der Waals surface area contributed by atoms with Gasteiger partial charge in [-0.2, -0.15) is 0 Å². The first kappa shape index (κ1) is 46.3. The summed E-state index contributed by atoms with van der Waals surface area (Å²) in [7, 11) is 0. The first-order chi connectivity index (χ1) is 26.2. The molecule has 21 atom stereocenters. The summed E-state index contributed by atoms with van der Waals surface area (Å²) in [4.78, 5) is 36.6.